The predicted molar refractivity (Wildman–Crippen MR) is 373 cm³/mol. The number of hydrogen-bond donors (Lipinski definition) is 0. The second-order valence-corrected chi connectivity index (χ2v) is 28.5. The molecule has 0 spiro atoms. The zero-order valence-corrected chi connectivity index (χ0v) is 51.4. The van der Waals surface area contributed by atoms with Crippen molar-refractivity contribution in [3.8, 4) is 27.9 Å². The van der Waals surface area contributed by atoms with Crippen molar-refractivity contribution in [2.45, 2.75) is 78.6 Å². The monoisotopic (exact) mass is 1140 g/mol. The minimum atomic E-state index is -0.171. The fourth-order valence-electron chi connectivity index (χ4n) is 14.5. The molecule has 17 rings (SSSR count). The van der Waals surface area contributed by atoms with Crippen LogP contribution in [0.25, 0.3) is 81.8 Å². The van der Waals surface area contributed by atoms with Gasteiger partial charge in [-0.25, -0.2) is 0 Å². The largest absolute Gasteiger partial charge is 0.455 e. The van der Waals surface area contributed by atoms with Crippen molar-refractivity contribution in [2.75, 3.05) is 14.7 Å². The van der Waals surface area contributed by atoms with E-state index < -0.39 is 0 Å². The molecule has 87 heavy (non-hydrogen) atoms. The minimum absolute atomic E-state index is 0.0388. The van der Waals surface area contributed by atoms with Crippen LogP contribution in [0, 0.1) is 0 Å². The highest BCUT2D eigenvalue weighted by molar-refractivity contribution is 7.33. The normalized spacial score (nSPS) is 13.5. The highest BCUT2D eigenvalue weighted by atomic mass is 32.1. The maximum atomic E-state index is 6.69. The number of thiophene rings is 1. The molecule has 420 valence electrons. The Bertz CT molecular complexity index is 5130. The third kappa shape index (κ3) is 7.77. The summed E-state index contributed by atoms with van der Waals surface area (Å²) in [4.78, 5) is 7.81. The smallest absolute Gasteiger partial charge is 0.264 e. The lowest BCUT2D eigenvalue weighted by molar-refractivity contribution is 0.590. The van der Waals surface area contributed by atoms with Crippen molar-refractivity contribution in [2.24, 2.45) is 0 Å². The maximum Gasteiger partial charge on any atom is 0.264 e. The summed E-state index contributed by atoms with van der Waals surface area (Å²) in [5.41, 5.74) is 26.7. The van der Waals surface area contributed by atoms with Crippen LogP contribution in [0.4, 0.5) is 51.2 Å². The molecule has 0 aliphatic carbocycles. The molecule has 5 nitrogen and oxygen atoms in total. The average Bonchev–Trinajstić information content (AvgIpc) is 1.68. The van der Waals surface area contributed by atoms with E-state index in [0.717, 1.165) is 61.5 Å². The molecule has 0 saturated heterocycles. The third-order valence-electron chi connectivity index (χ3n) is 18.9. The van der Waals surface area contributed by atoms with Crippen LogP contribution in [0.3, 0.4) is 0 Å². The first-order valence-corrected chi connectivity index (χ1v) is 31.5. The molecule has 3 aliphatic rings. The summed E-state index contributed by atoms with van der Waals surface area (Å²) in [6, 6.07) is 86.7. The third-order valence-corrected chi connectivity index (χ3v) is 20.1. The average molecular weight is 1140 g/mol. The van der Waals surface area contributed by atoms with Gasteiger partial charge in [0.2, 0.25) is 0 Å². The van der Waals surface area contributed by atoms with Gasteiger partial charge in [-0.1, -0.05) is 196 Å². The van der Waals surface area contributed by atoms with Crippen molar-refractivity contribution in [1.29, 1.82) is 0 Å². The van der Waals surface area contributed by atoms with Crippen molar-refractivity contribution in [1.82, 2.24) is 4.57 Å². The van der Waals surface area contributed by atoms with Crippen molar-refractivity contribution in [3.63, 3.8) is 0 Å². The zero-order chi connectivity index (χ0) is 59.0. The van der Waals surface area contributed by atoms with Gasteiger partial charge in [0, 0.05) is 70.4 Å². The number of benzene rings is 11. The number of fused-ring (bicyclic) bond motifs is 14. The molecule has 0 amide bonds. The van der Waals surface area contributed by atoms with Gasteiger partial charge < -0.3 is 23.7 Å². The van der Waals surface area contributed by atoms with Gasteiger partial charge in [0.15, 0.2) is 0 Å². The van der Waals surface area contributed by atoms with Gasteiger partial charge in [0.05, 0.1) is 39.5 Å². The quantitative estimate of drug-likeness (QED) is 0.155. The van der Waals surface area contributed by atoms with E-state index in [9.17, 15) is 0 Å². The first kappa shape index (κ1) is 51.8. The molecule has 0 radical (unpaired) electrons. The van der Waals surface area contributed by atoms with Crippen molar-refractivity contribution in [3.05, 3.63) is 247 Å². The van der Waals surface area contributed by atoms with Gasteiger partial charge in [0.25, 0.3) is 6.71 Å². The van der Waals surface area contributed by atoms with Gasteiger partial charge in [-0.3, -0.25) is 0 Å². The van der Waals surface area contributed by atoms with E-state index >= 15 is 0 Å². The van der Waals surface area contributed by atoms with E-state index in [4.69, 9.17) is 4.42 Å². The summed E-state index contributed by atoms with van der Waals surface area (Å²) in [5, 5.41) is 6.07. The van der Waals surface area contributed by atoms with E-state index in [0.29, 0.717) is 0 Å². The molecule has 6 heterocycles. The fraction of sp³-hybridized carbons (Fsp3) is 0.150. The first-order valence-electron chi connectivity index (χ1n) is 30.7. The summed E-state index contributed by atoms with van der Waals surface area (Å²) in [7, 11) is 0. The van der Waals surface area contributed by atoms with E-state index in [1.807, 2.05) is 11.3 Å². The molecular weight excluding hydrogens is 1080 g/mol. The SMILES string of the molecule is CC(C)(C)c1cc2c3c(c1)-n1c4ccc(C(C)(C)C)cc4c4cc(C(C)(C)C)cc(c41)N3c1cc(N(c3ccccc3)c3ccccc3)cc3c1B2c1sc2ccc(-c4ccccc4)cc2c1N3c1ccc(-c2cccc3c2oc2ccccc23)cc1. The van der Waals surface area contributed by atoms with Crippen LogP contribution in [0.2, 0.25) is 0 Å². The highest BCUT2D eigenvalue weighted by Crippen LogP contribution is 2.57. The molecule has 7 heteroatoms. The number of aromatic nitrogens is 1. The van der Waals surface area contributed by atoms with Crippen LogP contribution < -0.4 is 30.4 Å². The lowest BCUT2D eigenvalue weighted by Gasteiger charge is -2.46. The second-order valence-electron chi connectivity index (χ2n) is 27.4. The topological polar surface area (TPSA) is 27.8 Å². The fourth-order valence-corrected chi connectivity index (χ4v) is 15.8. The second kappa shape index (κ2) is 18.5. The Morgan fingerprint density at radius 3 is 1.72 bits per heavy atom. The van der Waals surface area contributed by atoms with Gasteiger partial charge in [-0.05, 0) is 158 Å². The summed E-state index contributed by atoms with van der Waals surface area (Å²) in [6.45, 7) is 21.2. The number of nitrogens with zero attached hydrogens (tertiary/aromatic N) is 4. The number of rotatable bonds is 6. The first-order chi connectivity index (χ1) is 42.0. The lowest BCUT2D eigenvalue weighted by Crippen LogP contribution is -2.61. The highest BCUT2D eigenvalue weighted by Gasteiger charge is 2.49. The van der Waals surface area contributed by atoms with Crippen LogP contribution >= 0.6 is 11.3 Å². The number of anilines is 9. The molecule has 0 bridgehead atoms. The Labute approximate surface area is 513 Å². The minimum Gasteiger partial charge on any atom is -0.455 e. The summed E-state index contributed by atoms with van der Waals surface area (Å²) < 4.78 is 11.9. The molecule has 0 atom stereocenters. The lowest BCUT2D eigenvalue weighted by atomic mass is 9.36. The Balaban J connectivity index is 1.02. The molecule has 0 fully saturated rings. The van der Waals surface area contributed by atoms with Crippen LogP contribution in [-0.2, 0) is 16.2 Å². The van der Waals surface area contributed by atoms with E-state index in [1.165, 1.54) is 104 Å². The summed E-state index contributed by atoms with van der Waals surface area (Å²) in [6.07, 6.45) is 0. The Morgan fingerprint density at radius 2 is 1.02 bits per heavy atom. The standard InChI is InChI=1S/C80H65BN4OS/c1-78(2,3)51-35-38-65-61(41-51)62-42-52(79(4,5)6)44-68-73(62)84(65)69-45-53(80(7,8)9)43-64-75(69)85(68)67-47-57(82(54-24-15-11-16-25-54)55-26-17-12-18-27-55)46-66-72(67)81(64)77-74(63-40-50(34-39-71(63)87-77)48-22-13-10-14-23-48)83(66)56-36-32-49(33-37-56)58-29-21-30-60-59-28-19-20-31-70(59)86-76(58)60/h10-47H,1-9H3. The Morgan fingerprint density at radius 1 is 0.414 bits per heavy atom. The Kier molecular flexibility index (Phi) is 11.0. The van der Waals surface area contributed by atoms with Gasteiger partial charge >= 0.3 is 0 Å². The molecule has 11 aromatic carbocycles. The molecule has 0 N–H and O–H groups in total. The van der Waals surface area contributed by atoms with Crippen LogP contribution in [0.15, 0.2) is 235 Å². The number of hydrogen-bond acceptors (Lipinski definition) is 5. The van der Waals surface area contributed by atoms with Gasteiger partial charge in [-0.15, -0.1) is 11.3 Å². The van der Waals surface area contributed by atoms with Crippen LogP contribution in [-0.4, -0.2) is 11.3 Å². The van der Waals surface area contributed by atoms with Crippen LogP contribution in [0.1, 0.15) is 79.0 Å². The molecule has 3 aromatic heterocycles. The number of furan rings is 1. The summed E-state index contributed by atoms with van der Waals surface area (Å²) >= 11 is 1.96. The molecular formula is C80H65BN4OS. The predicted octanol–water partition coefficient (Wildman–Crippen LogP) is 21.0. The number of para-hydroxylation sites is 4. The van der Waals surface area contributed by atoms with E-state index in [1.54, 1.807) is 0 Å². The zero-order valence-electron chi connectivity index (χ0n) is 50.6. The molecule has 14 aromatic rings. The summed E-state index contributed by atoms with van der Waals surface area (Å²) in [5.74, 6) is 0. The molecule has 0 saturated carbocycles. The molecule has 3 aliphatic heterocycles. The Hall–Kier alpha value is -9.56. The van der Waals surface area contributed by atoms with Gasteiger partial charge in [0.1, 0.15) is 11.2 Å². The van der Waals surface area contributed by atoms with Crippen LogP contribution in [0.5, 0.6) is 0 Å². The van der Waals surface area contributed by atoms with Crippen molar-refractivity contribution >= 4 is 139 Å². The van der Waals surface area contributed by atoms with E-state index in [2.05, 4.69) is 312 Å². The molecule has 0 unspecified atom stereocenters. The van der Waals surface area contributed by atoms with Gasteiger partial charge in [-0.2, -0.15) is 0 Å². The maximum absolute atomic E-state index is 6.69. The van der Waals surface area contributed by atoms with E-state index in [-0.39, 0.29) is 23.0 Å². The van der Waals surface area contributed by atoms with Crippen molar-refractivity contribution < 1.29 is 4.42 Å².